The predicted octanol–water partition coefficient (Wildman–Crippen LogP) is 3.35. The van der Waals surface area contributed by atoms with Crippen LogP contribution in [0, 0.1) is 0 Å². The number of hydrogen-bond donors (Lipinski definition) is 2. The van der Waals surface area contributed by atoms with E-state index in [1.165, 1.54) is 35.7 Å². The molecule has 1 atom stereocenters. The summed E-state index contributed by atoms with van der Waals surface area (Å²) < 4.78 is 0. The smallest absolute Gasteiger partial charge is 0.188 e. The lowest BCUT2D eigenvalue weighted by Gasteiger charge is -2.23. The molecule has 0 amide bonds. The fourth-order valence-electron chi connectivity index (χ4n) is 3.33. The number of likely N-dealkylation sites (tertiary alicyclic amines) is 1. The minimum atomic E-state index is 0. The average molecular weight is 438 g/mol. The van der Waals surface area contributed by atoms with Gasteiger partial charge in [0.1, 0.15) is 0 Å². The SMILES string of the molecule is CCN1CCCC1CNC(N)=NCc1ccc2ccccc2c1.I. The van der Waals surface area contributed by atoms with Gasteiger partial charge in [-0.15, -0.1) is 24.0 Å². The number of nitrogens with zero attached hydrogens (tertiary/aromatic N) is 2. The van der Waals surface area contributed by atoms with Crippen molar-refractivity contribution in [2.45, 2.75) is 32.4 Å². The van der Waals surface area contributed by atoms with Gasteiger partial charge in [-0.05, 0) is 48.3 Å². The molecule has 0 radical (unpaired) electrons. The summed E-state index contributed by atoms with van der Waals surface area (Å²) in [6, 6.07) is 15.4. The third-order valence-electron chi connectivity index (χ3n) is 4.67. The van der Waals surface area contributed by atoms with E-state index in [4.69, 9.17) is 5.73 Å². The van der Waals surface area contributed by atoms with Gasteiger partial charge < -0.3 is 11.1 Å². The highest BCUT2D eigenvalue weighted by Gasteiger charge is 2.22. The highest BCUT2D eigenvalue weighted by atomic mass is 127. The van der Waals surface area contributed by atoms with Gasteiger partial charge in [0.15, 0.2) is 5.96 Å². The topological polar surface area (TPSA) is 53.6 Å². The van der Waals surface area contributed by atoms with Crippen LogP contribution in [0.15, 0.2) is 47.5 Å². The molecule has 1 heterocycles. The summed E-state index contributed by atoms with van der Waals surface area (Å²) in [6.45, 7) is 6.04. The quantitative estimate of drug-likeness (QED) is 0.428. The lowest BCUT2D eigenvalue weighted by atomic mass is 10.1. The zero-order chi connectivity index (χ0) is 16.1. The number of aliphatic imine (C=N–C) groups is 1. The Balaban J connectivity index is 0.00000208. The molecule has 1 saturated heterocycles. The molecule has 3 N–H and O–H groups in total. The van der Waals surface area contributed by atoms with Crippen LogP contribution in [-0.4, -0.2) is 36.5 Å². The first kappa shape index (κ1) is 19.0. The van der Waals surface area contributed by atoms with E-state index in [-0.39, 0.29) is 24.0 Å². The number of hydrogen-bond acceptors (Lipinski definition) is 2. The van der Waals surface area contributed by atoms with Crippen molar-refractivity contribution < 1.29 is 0 Å². The van der Waals surface area contributed by atoms with E-state index in [1.807, 2.05) is 0 Å². The molecule has 0 bridgehead atoms. The van der Waals surface area contributed by atoms with Gasteiger partial charge in [0.2, 0.25) is 0 Å². The van der Waals surface area contributed by atoms with Gasteiger partial charge >= 0.3 is 0 Å². The number of nitrogens with one attached hydrogen (secondary N) is 1. The summed E-state index contributed by atoms with van der Waals surface area (Å²) in [5.41, 5.74) is 7.20. The third kappa shape index (κ3) is 4.83. The molecular formula is C19H27IN4. The van der Waals surface area contributed by atoms with Gasteiger partial charge in [0.05, 0.1) is 6.54 Å². The molecule has 0 spiro atoms. The van der Waals surface area contributed by atoms with E-state index in [2.05, 4.69) is 64.6 Å². The number of rotatable bonds is 5. The molecule has 0 aromatic heterocycles. The van der Waals surface area contributed by atoms with Crippen LogP contribution in [0.2, 0.25) is 0 Å². The van der Waals surface area contributed by atoms with E-state index in [1.54, 1.807) is 0 Å². The molecule has 1 fully saturated rings. The second-order valence-corrected chi connectivity index (χ2v) is 6.19. The minimum absolute atomic E-state index is 0. The highest BCUT2D eigenvalue weighted by Crippen LogP contribution is 2.16. The molecule has 3 rings (SSSR count). The van der Waals surface area contributed by atoms with Gasteiger partial charge in [-0.2, -0.15) is 0 Å². The number of fused-ring (bicyclic) bond motifs is 1. The van der Waals surface area contributed by atoms with Crippen LogP contribution in [0.5, 0.6) is 0 Å². The molecule has 5 heteroatoms. The maximum absolute atomic E-state index is 6.02. The van der Waals surface area contributed by atoms with Crippen LogP contribution in [-0.2, 0) is 6.54 Å². The van der Waals surface area contributed by atoms with Gasteiger partial charge in [0, 0.05) is 12.6 Å². The summed E-state index contributed by atoms with van der Waals surface area (Å²) in [5, 5.41) is 5.79. The van der Waals surface area contributed by atoms with Crippen molar-refractivity contribution in [3.05, 3.63) is 48.0 Å². The van der Waals surface area contributed by atoms with Crippen LogP contribution < -0.4 is 11.1 Å². The van der Waals surface area contributed by atoms with E-state index < -0.39 is 0 Å². The minimum Gasteiger partial charge on any atom is -0.370 e. The summed E-state index contributed by atoms with van der Waals surface area (Å²) >= 11 is 0. The Morgan fingerprint density at radius 1 is 1.25 bits per heavy atom. The van der Waals surface area contributed by atoms with E-state index in [9.17, 15) is 0 Å². The van der Waals surface area contributed by atoms with Crippen molar-refractivity contribution in [2.24, 2.45) is 10.7 Å². The fourth-order valence-corrected chi connectivity index (χ4v) is 3.33. The molecule has 1 aliphatic heterocycles. The van der Waals surface area contributed by atoms with Gasteiger partial charge in [0.25, 0.3) is 0 Å². The molecular weight excluding hydrogens is 411 g/mol. The van der Waals surface area contributed by atoms with Crippen molar-refractivity contribution in [1.29, 1.82) is 0 Å². The van der Waals surface area contributed by atoms with Crippen LogP contribution in [0.1, 0.15) is 25.3 Å². The van der Waals surface area contributed by atoms with Crippen LogP contribution in [0.3, 0.4) is 0 Å². The van der Waals surface area contributed by atoms with Gasteiger partial charge in [-0.1, -0.05) is 43.3 Å². The predicted molar refractivity (Wildman–Crippen MR) is 113 cm³/mol. The lowest BCUT2D eigenvalue weighted by molar-refractivity contribution is 0.267. The summed E-state index contributed by atoms with van der Waals surface area (Å²) in [4.78, 5) is 6.98. The highest BCUT2D eigenvalue weighted by molar-refractivity contribution is 14.0. The Morgan fingerprint density at radius 3 is 2.83 bits per heavy atom. The van der Waals surface area contributed by atoms with Gasteiger partial charge in [-0.25, -0.2) is 4.99 Å². The normalized spacial score (nSPS) is 18.5. The first-order chi connectivity index (χ1) is 11.3. The largest absolute Gasteiger partial charge is 0.370 e. The van der Waals surface area contributed by atoms with Crippen molar-refractivity contribution in [2.75, 3.05) is 19.6 Å². The average Bonchev–Trinajstić information content (AvgIpc) is 3.05. The summed E-state index contributed by atoms with van der Waals surface area (Å²) in [6.07, 6.45) is 2.53. The monoisotopic (exact) mass is 438 g/mol. The van der Waals surface area contributed by atoms with E-state index in [0.29, 0.717) is 18.5 Å². The first-order valence-electron chi connectivity index (χ1n) is 8.52. The lowest BCUT2D eigenvalue weighted by Crippen LogP contribution is -2.42. The Hall–Kier alpha value is -1.34. The van der Waals surface area contributed by atoms with Gasteiger partial charge in [-0.3, -0.25) is 4.90 Å². The van der Waals surface area contributed by atoms with Crippen molar-refractivity contribution in [3.8, 4) is 0 Å². The molecule has 0 aliphatic carbocycles. The van der Waals surface area contributed by atoms with Crippen LogP contribution in [0.25, 0.3) is 10.8 Å². The maximum atomic E-state index is 6.02. The number of guanidine groups is 1. The first-order valence-corrected chi connectivity index (χ1v) is 8.52. The van der Waals surface area contributed by atoms with E-state index >= 15 is 0 Å². The van der Waals surface area contributed by atoms with Crippen molar-refractivity contribution >= 4 is 40.7 Å². The molecule has 24 heavy (non-hydrogen) atoms. The molecule has 1 aliphatic rings. The second-order valence-electron chi connectivity index (χ2n) is 6.19. The zero-order valence-electron chi connectivity index (χ0n) is 14.2. The van der Waals surface area contributed by atoms with Crippen LogP contribution in [0.4, 0.5) is 0 Å². The Kier molecular flexibility index (Phi) is 7.30. The van der Waals surface area contributed by atoms with Crippen LogP contribution >= 0.6 is 24.0 Å². The van der Waals surface area contributed by atoms with E-state index in [0.717, 1.165) is 13.1 Å². The Labute approximate surface area is 161 Å². The molecule has 2 aromatic carbocycles. The number of nitrogens with two attached hydrogens (primary N) is 1. The Morgan fingerprint density at radius 2 is 2.04 bits per heavy atom. The molecule has 130 valence electrons. The van der Waals surface area contributed by atoms with Crippen molar-refractivity contribution in [1.82, 2.24) is 10.2 Å². The fraction of sp³-hybridized carbons (Fsp3) is 0.421. The Bertz CT molecular complexity index is 686. The molecule has 2 aromatic rings. The zero-order valence-corrected chi connectivity index (χ0v) is 16.6. The summed E-state index contributed by atoms with van der Waals surface area (Å²) in [5.74, 6) is 0.543. The molecule has 4 nitrogen and oxygen atoms in total. The summed E-state index contributed by atoms with van der Waals surface area (Å²) in [7, 11) is 0. The van der Waals surface area contributed by atoms with Crippen molar-refractivity contribution in [3.63, 3.8) is 0 Å². The third-order valence-corrected chi connectivity index (χ3v) is 4.67. The number of likely N-dealkylation sites (N-methyl/N-ethyl adjacent to an activating group) is 1. The molecule has 1 unspecified atom stereocenters. The second kappa shape index (κ2) is 9.22. The molecule has 0 saturated carbocycles. The standard InChI is InChI=1S/C19H26N4.HI/c1-2-23-11-5-8-18(23)14-22-19(20)21-13-15-9-10-16-6-3-4-7-17(16)12-15;/h3-4,6-7,9-10,12,18H,2,5,8,11,13-14H2,1H3,(H3,20,21,22);1H. The number of benzene rings is 2. The number of halogens is 1. The maximum Gasteiger partial charge on any atom is 0.188 e.